The zero-order chi connectivity index (χ0) is 28.9. The summed E-state index contributed by atoms with van der Waals surface area (Å²) >= 11 is 2.90. The Bertz CT molecular complexity index is 1360. The summed E-state index contributed by atoms with van der Waals surface area (Å²) in [5, 5.41) is 6.07. The Morgan fingerprint density at radius 1 is 1.07 bits per heavy atom. The summed E-state index contributed by atoms with van der Waals surface area (Å²) in [5.74, 6) is -0.106. The number of esters is 1. The van der Waals surface area contributed by atoms with Gasteiger partial charge in [0.2, 0.25) is 11.8 Å². The zero-order valence-electron chi connectivity index (χ0n) is 23.8. The van der Waals surface area contributed by atoms with Crippen molar-refractivity contribution in [2.75, 3.05) is 17.2 Å². The molecule has 3 aromatic rings. The Kier molecular flexibility index (Phi) is 9.74. The third kappa shape index (κ3) is 7.76. The van der Waals surface area contributed by atoms with E-state index in [-0.39, 0.29) is 29.8 Å². The van der Waals surface area contributed by atoms with E-state index in [2.05, 4.69) is 17.6 Å². The van der Waals surface area contributed by atoms with Crippen molar-refractivity contribution in [1.29, 1.82) is 0 Å². The Morgan fingerprint density at radius 2 is 1.82 bits per heavy atom. The monoisotopic (exact) mass is 578 g/mol. The highest BCUT2D eigenvalue weighted by Gasteiger charge is 2.31. The van der Waals surface area contributed by atoms with E-state index in [1.165, 1.54) is 23.1 Å². The van der Waals surface area contributed by atoms with Gasteiger partial charge < -0.3 is 15.4 Å². The molecule has 1 heterocycles. The molecule has 0 fully saturated rings. The van der Waals surface area contributed by atoms with E-state index in [1.54, 1.807) is 6.92 Å². The first kappa shape index (κ1) is 29.9. The van der Waals surface area contributed by atoms with Crippen LogP contribution >= 0.6 is 23.1 Å². The lowest BCUT2D eigenvalue weighted by Gasteiger charge is -2.19. The van der Waals surface area contributed by atoms with Crippen LogP contribution in [0.3, 0.4) is 0 Å². The summed E-state index contributed by atoms with van der Waals surface area (Å²) < 4.78 is 5.39. The lowest BCUT2D eigenvalue weighted by molar-refractivity contribution is -0.118. The van der Waals surface area contributed by atoms with Gasteiger partial charge in [0.05, 0.1) is 12.2 Å². The number of ether oxygens (including phenoxy) is 1. The van der Waals surface area contributed by atoms with Crippen LogP contribution < -0.4 is 10.6 Å². The molecule has 4 rings (SSSR count). The van der Waals surface area contributed by atoms with E-state index in [0.29, 0.717) is 28.6 Å². The molecule has 0 radical (unpaired) electrons. The van der Waals surface area contributed by atoms with Gasteiger partial charge in [-0.15, -0.1) is 23.1 Å². The molecule has 2 amide bonds. The Labute approximate surface area is 245 Å². The summed E-state index contributed by atoms with van der Waals surface area (Å²) in [7, 11) is 0. The van der Waals surface area contributed by atoms with Gasteiger partial charge in [0.25, 0.3) is 0 Å². The van der Waals surface area contributed by atoms with E-state index < -0.39 is 5.25 Å². The molecule has 2 unspecified atom stereocenters. The SMILES string of the molecule is CCOC(=O)c1c(NC(=O)C(Sc2cccc(NC(=O)CC(C)(C)C)c2)c2ccccc2)sc2c1CCC(C)C2. The number of hydrogen-bond donors (Lipinski definition) is 2. The summed E-state index contributed by atoms with van der Waals surface area (Å²) in [6.45, 7) is 10.4. The van der Waals surface area contributed by atoms with Crippen LogP contribution in [0.15, 0.2) is 59.5 Å². The van der Waals surface area contributed by atoms with Crippen LogP contribution in [0.5, 0.6) is 0 Å². The van der Waals surface area contributed by atoms with Crippen molar-refractivity contribution in [3.63, 3.8) is 0 Å². The van der Waals surface area contributed by atoms with E-state index in [9.17, 15) is 14.4 Å². The van der Waals surface area contributed by atoms with E-state index >= 15 is 0 Å². The van der Waals surface area contributed by atoms with Crippen LogP contribution in [0.1, 0.15) is 79.1 Å². The zero-order valence-corrected chi connectivity index (χ0v) is 25.5. The van der Waals surface area contributed by atoms with Crippen molar-refractivity contribution < 1.29 is 19.1 Å². The van der Waals surface area contributed by atoms with Crippen LogP contribution in [-0.2, 0) is 27.2 Å². The molecule has 212 valence electrons. The van der Waals surface area contributed by atoms with Crippen LogP contribution in [0.2, 0.25) is 0 Å². The maximum absolute atomic E-state index is 13.9. The largest absolute Gasteiger partial charge is 0.462 e. The van der Waals surface area contributed by atoms with Crippen molar-refractivity contribution in [3.8, 4) is 0 Å². The molecule has 1 aromatic heterocycles. The number of rotatable bonds is 9. The predicted octanol–water partition coefficient (Wildman–Crippen LogP) is 7.90. The van der Waals surface area contributed by atoms with Crippen LogP contribution in [0, 0.1) is 11.3 Å². The number of fused-ring (bicyclic) bond motifs is 1. The van der Waals surface area contributed by atoms with E-state index in [4.69, 9.17) is 4.74 Å². The fourth-order valence-electron chi connectivity index (χ4n) is 4.81. The highest BCUT2D eigenvalue weighted by atomic mass is 32.2. The number of hydrogen-bond acceptors (Lipinski definition) is 6. The molecule has 8 heteroatoms. The van der Waals surface area contributed by atoms with Crippen LogP contribution in [0.25, 0.3) is 0 Å². The van der Waals surface area contributed by atoms with Gasteiger partial charge in [0, 0.05) is 21.9 Å². The summed E-state index contributed by atoms with van der Waals surface area (Å²) in [6, 6.07) is 17.2. The fraction of sp³-hybridized carbons (Fsp3) is 0.406. The lowest BCUT2D eigenvalue weighted by Crippen LogP contribution is -2.21. The van der Waals surface area contributed by atoms with Gasteiger partial charge in [-0.2, -0.15) is 0 Å². The number of thiophene rings is 1. The maximum Gasteiger partial charge on any atom is 0.341 e. The number of amides is 2. The van der Waals surface area contributed by atoms with Crippen molar-refractivity contribution in [3.05, 3.63) is 76.2 Å². The maximum atomic E-state index is 13.9. The van der Waals surface area contributed by atoms with Crippen molar-refractivity contribution in [1.82, 2.24) is 0 Å². The molecule has 0 saturated heterocycles. The lowest BCUT2D eigenvalue weighted by atomic mass is 9.88. The fourth-order valence-corrected chi connectivity index (χ4v) is 7.29. The van der Waals surface area contributed by atoms with Crippen molar-refractivity contribution in [2.24, 2.45) is 11.3 Å². The number of carbonyl (C=O) groups excluding carboxylic acids is 3. The molecule has 1 aliphatic carbocycles. The minimum atomic E-state index is -0.574. The Hall–Kier alpha value is -3.10. The van der Waals surface area contributed by atoms with Crippen LogP contribution in [-0.4, -0.2) is 24.4 Å². The Morgan fingerprint density at radius 3 is 2.52 bits per heavy atom. The van der Waals surface area contributed by atoms with Gasteiger partial charge in [0.15, 0.2) is 0 Å². The molecule has 40 heavy (non-hydrogen) atoms. The molecule has 0 aliphatic heterocycles. The standard InChI is InChI=1S/C32H38N2O4S2/c1-6-38-31(37)27-24-16-15-20(2)17-25(24)40-30(27)34-29(36)28(21-11-8-7-9-12-21)39-23-14-10-13-22(18-23)33-26(35)19-32(3,4)5/h7-14,18,20,28H,6,15-17,19H2,1-5H3,(H,33,35)(H,34,36). The van der Waals surface area contributed by atoms with Gasteiger partial charge in [-0.3, -0.25) is 9.59 Å². The van der Waals surface area contributed by atoms with E-state index in [1.807, 2.05) is 75.4 Å². The van der Waals surface area contributed by atoms with E-state index in [0.717, 1.165) is 40.2 Å². The second kappa shape index (κ2) is 13.0. The molecule has 2 N–H and O–H groups in total. The normalized spacial score (nSPS) is 15.6. The highest BCUT2D eigenvalue weighted by molar-refractivity contribution is 8.00. The quantitative estimate of drug-likeness (QED) is 0.199. The third-order valence-corrected chi connectivity index (χ3v) is 9.05. The minimum Gasteiger partial charge on any atom is -0.462 e. The molecular formula is C32H38N2O4S2. The smallest absolute Gasteiger partial charge is 0.341 e. The van der Waals surface area contributed by atoms with Crippen molar-refractivity contribution in [2.45, 2.75) is 70.4 Å². The number of thioether (sulfide) groups is 1. The second-order valence-corrected chi connectivity index (χ2v) is 13.8. The number of nitrogens with one attached hydrogen (secondary N) is 2. The number of carbonyl (C=O) groups is 3. The number of anilines is 2. The number of benzene rings is 2. The molecular weight excluding hydrogens is 540 g/mol. The first-order valence-electron chi connectivity index (χ1n) is 13.8. The average molecular weight is 579 g/mol. The molecule has 0 spiro atoms. The summed E-state index contributed by atoms with van der Waals surface area (Å²) in [5.41, 5.74) is 2.94. The molecule has 2 atom stereocenters. The van der Waals surface area contributed by atoms with Crippen molar-refractivity contribution >= 4 is 51.6 Å². The van der Waals surface area contributed by atoms with Gasteiger partial charge in [0.1, 0.15) is 10.3 Å². The van der Waals surface area contributed by atoms with Gasteiger partial charge in [-0.25, -0.2) is 4.79 Å². The van der Waals surface area contributed by atoms with Gasteiger partial charge >= 0.3 is 5.97 Å². The molecule has 0 saturated carbocycles. The Balaban J connectivity index is 1.61. The second-order valence-electron chi connectivity index (χ2n) is 11.5. The minimum absolute atomic E-state index is 0.0468. The first-order valence-corrected chi connectivity index (χ1v) is 15.5. The third-order valence-electron chi connectivity index (χ3n) is 6.63. The topological polar surface area (TPSA) is 84.5 Å². The molecule has 6 nitrogen and oxygen atoms in total. The molecule has 0 bridgehead atoms. The average Bonchev–Trinajstić information content (AvgIpc) is 3.23. The summed E-state index contributed by atoms with van der Waals surface area (Å²) in [4.78, 5) is 41.4. The van der Waals surface area contributed by atoms with Crippen LogP contribution in [0.4, 0.5) is 10.7 Å². The van der Waals surface area contributed by atoms with Gasteiger partial charge in [-0.05, 0) is 66.8 Å². The first-order chi connectivity index (χ1) is 19.0. The molecule has 1 aliphatic rings. The predicted molar refractivity (Wildman–Crippen MR) is 164 cm³/mol. The highest BCUT2D eigenvalue weighted by Crippen LogP contribution is 2.42. The van der Waals surface area contributed by atoms with Gasteiger partial charge in [-0.1, -0.05) is 64.1 Å². The molecule has 2 aromatic carbocycles. The summed E-state index contributed by atoms with van der Waals surface area (Å²) in [6.07, 6.45) is 3.12.